The lowest BCUT2D eigenvalue weighted by atomic mass is 10.1. The number of anilines is 1. The van der Waals surface area contributed by atoms with Gasteiger partial charge >= 0.3 is 0 Å². The van der Waals surface area contributed by atoms with Crippen LogP contribution in [-0.2, 0) is 22.9 Å². The molecule has 0 atom stereocenters. The second-order valence-electron chi connectivity index (χ2n) is 6.11. The highest BCUT2D eigenvalue weighted by Gasteiger charge is 2.15. The summed E-state index contributed by atoms with van der Waals surface area (Å²) in [5.74, 6) is 0. The molecule has 0 radical (unpaired) electrons. The molecule has 0 aliphatic rings. The Balaban J connectivity index is 2.16. The largest absolute Gasteiger partial charge is 0.279 e. The molecule has 0 amide bonds. The van der Waals surface area contributed by atoms with Gasteiger partial charge in [0.1, 0.15) is 0 Å². The van der Waals surface area contributed by atoms with Crippen LogP contribution in [0.25, 0.3) is 0 Å². The predicted octanol–water partition coefficient (Wildman–Crippen LogP) is 5.17. The molecule has 0 saturated carbocycles. The van der Waals surface area contributed by atoms with Crippen LogP contribution < -0.4 is 4.72 Å². The van der Waals surface area contributed by atoms with Gasteiger partial charge in [-0.3, -0.25) is 4.72 Å². The monoisotopic (exact) mass is 345 g/mol. The maximum absolute atomic E-state index is 12.6. The van der Waals surface area contributed by atoms with Crippen LogP contribution in [-0.4, -0.2) is 8.42 Å². The van der Waals surface area contributed by atoms with Crippen molar-refractivity contribution < 1.29 is 8.42 Å². The number of hydrogen-bond donors (Lipinski definition) is 1. The van der Waals surface area contributed by atoms with Crippen molar-refractivity contribution in [1.29, 1.82) is 0 Å². The molecule has 0 spiro atoms. The molecule has 0 unspecified atom stereocenters. The fraction of sp³-hybridized carbons (Fsp3) is 0.400. The lowest BCUT2D eigenvalue weighted by Crippen LogP contribution is -2.14. The van der Waals surface area contributed by atoms with E-state index in [-0.39, 0.29) is 0 Å². The molecular weight excluding hydrogens is 318 g/mol. The number of unbranched alkanes of at least 4 members (excludes halogenated alkanes) is 2. The highest BCUT2D eigenvalue weighted by molar-refractivity contribution is 7.92. The van der Waals surface area contributed by atoms with Gasteiger partial charge in [-0.15, -0.1) is 0 Å². The Bertz CT molecular complexity index is 736. The van der Waals surface area contributed by atoms with Gasteiger partial charge in [0.05, 0.1) is 10.6 Å². The van der Waals surface area contributed by atoms with Crippen molar-refractivity contribution in [3.8, 4) is 0 Å². The van der Waals surface area contributed by atoms with Crippen LogP contribution in [0.1, 0.15) is 50.7 Å². The van der Waals surface area contributed by atoms with E-state index in [4.69, 9.17) is 0 Å². The first kappa shape index (κ1) is 18.5. The molecule has 2 rings (SSSR count). The summed E-state index contributed by atoms with van der Waals surface area (Å²) >= 11 is 0. The second kappa shape index (κ2) is 8.88. The number of aryl methyl sites for hydroxylation is 2. The minimum atomic E-state index is -3.55. The molecule has 3 nitrogen and oxygen atoms in total. The summed E-state index contributed by atoms with van der Waals surface area (Å²) in [4.78, 5) is 0.313. The van der Waals surface area contributed by atoms with Crippen molar-refractivity contribution in [3.63, 3.8) is 0 Å². The molecule has 0 aliphatic heterocycles. The summed E-state index contributed by atoms with van der Waals surface area (Å²) in [6.45, 7) is 4.28. The molecule has 1 N–H and O–H groups in total. The highest BCUT2D eigenvalue weighted by atomic mass is 32.2. The fourth-order valence-electron chi connectivity index (χ4n) is 2.62. The Hall–Kier alpha value is -1.81. The van der Waals surface area contributed by atoms with Gasteiger partial charge in [0.2, 0.25) is 0 Å². The summed E-state index contributed by atoms with van der Waals surface area (Å²) in [5.41, 5.74) is 2.91. The third-order valence-electron chi connectivity index (χ3n) is 4.11. The molecule has 0 fully saturated rings. The van der Waals surface area contributed by atoms with E-state index < -0.39 is 10.0 Å². The third-order valence-corrected chi connectivity index (χ3v) is 5.50. The van der Waals surface area contributed by atoms with Crippen molar-refractivity contribution in [1.82, 2.24) is 0 Å². The molecule has 2 aromatic rings. The molecule has 0 saturated heterocycles. The first-order chi connectivity index (χ1) is 11.6. The highest BCUT2D eigenvalue weighted by Crippen LogP contribution is 2.22. The van der Waals surface area contributed by atoms with E-state index in [1.54, 1.807) is 12.1 Å². The van der Waals surface area contributed by atoms with Crippen LogP contribution in [0.2, 0.25) is 0 Å². The van der Waals surface area contributed by atoms with Crippen LogP contribution in [0, 0.1) is 0 Å². The van der Waals surface area contributed by atoms with Gasteiger partial charge in [0.25, 0.3) is 10.0 Å². The molecule has 130 valence electrons. The molecule has 0 heterocycles. The fourth-order valence-corrected chi connectivity index (χ4v) is 3.73. The van der Waals surface area contributed by atoms with E-state index >= 15 is 0 Å². The van der Waals surface area contributed by atoms with Gasteiger partial charge < -0.3 is 0 Å². The Morgan fingerprint density at radius 1 is 0.833 bits per heavy atom. The number of para-hydroxylation sites is 1. The van der Waals surface area contributed by atoms with Gasteiger partial charge in [-0.1, -0.05) is 57.0 Å². The topological polar surface area (TPSA) is 46.2 Å². The van der Waals surface area contributed by atoms with E-state index in [0.717, 1.165) is 44.1 Å². The molecule has 0 aromatic heterocycles. The molecule has 0 bridgehead atoms. The van der Waals surface area contributed by atoms with Crippen molar-refractivity contribution >= 4 is 15.7 Å². The normalized spacial score (nSPS) is 11.4. The van der Waals surface area contributed by atoms with Gasteiger partial charge in [0.15, 0.2) is 0 Å². The third kappa shape index (κ3) is 5.10. The zero-order chi connectivity index (χ0) is 17.4. The first-order valence-electron chi connectivity index (χ1n) is 8.76. The van der Waals surface area contributed by atoms with Gasteiger partial charge in [0, 0.05) is 0 Å². The SMILES string of the molecule is CCCCc1ccc(S(=O)(=O)Nc2ccccc2CCCC)cc1. The molecule has 24 heavy (non-hydrogen) atoms. The first-order valence-corrected chi connectivity index (χ1v) is 10.2. The van der Waals surface area contributed by atoms with E-state index in [2.05, 4.69) is 18.6 Å². The average molecular weight is 346 g/mol. The van der Waals surface area contributed by atoms with Gasteiger partial charge in [-0.05, 0) is 55.0 Å². The van der Waals surface area contributed by atoms with Crippen molar-refractivity contribution in [3.05, 3.63) is 59.7 Å². The molecule has 4 heteroatoms. The van der Waals surface area contributed by atoms with E-state index in [9.17, 15) is 8.42 Å². The van der Waals surface area contributed by atoms with Crippen LogP contribution in [0.5, 0.6) is 0 Å². The second-order valence-corrected chi connectivity index (χ2v) is 7.80. The van der Waals surface area contributed by atoms with Crippen molar-refractivity contribution in [2.24, 2.45) is 0 Å². The lowest BCUT2D eigenvalue weighted by molar-refractivity contribution is 0.601. The number of sulfonamides is 1. The van der Waals surface area contributed by atoms with E-state index in [0.29, 0.717) is 10.6 Å². The minimum absolute atomic E-state index is 0.313. The van der Waals surface area contributed by atoms with Crippen LogP contribution in [0.3, 0.4) is 0 Å². The van der Waals surface area contributed by atoms with E-state index in [1.807, 2.05) is 36.4 Å². The summed E-state index contributed by atoms with van der Waals surface area (Å²) in [5, 5.41) is 0. The van der Waals surface area contributed by atoms with Crippen molar-refractivity contribution in [2.75, 3.05) is 4.72 Å². The maximum Gasteiger partial charge on any atom is 0.261 e. The van der Waals surface area contributed by atoms with Crippen molar-refractivity contribution in [2.45, 2.75) is 57.3 Å². The average Bonchev–Trinajstić information content (AvgIpc) is 2.59. The zero-order valence-electron chi connectivity index (χ0n) is 14.6. The maximum atomic E-state index is 12.6. The van der Waals surface area contributed by atoms with E-state index in [1.165, 1.54) is 5.56 Å². The zero-order valence-corrected chi connectivity index (χ0v) is 15.4. The van der Waals surface area contributed by atoms with Gasteiger partial charge in [-0.2, -0.15) is 0 Å². The van der Waals surface area contributed by atoms with Gasteiger partial charge in [-0.25, -0.2) is 8.42 Å². The Kier molecular flexibility index (Phi) is 6.85. The van der Waals surface area contributed by atoms with Crippen LogP contribution in [0.4, 0.5) is 5.69 Å². The summed E-state index contributed by atoms with van der Waals surface area (Å²) in [6, 6.07) is 14.8. The summed E-state index contributed by atoms with van der Waals surface area (Å²) in [7, 11) is -3.55. The predicted molar refractivity (Wildman–Crippen MR) is 101 cm³/mol. The molecule has 2 aromatic carbocycles. The summed E-state index contributed by atoms with van der Waals surface area (Å²) < 4.78 is 28.0. The quantitative estimate of drug-likeness (QED) is 0.681. The Morgan fingerprint density at radius 3 is 2.12 bits per heavy atom. The number of rotatable bonds is 9. The minimum Gasteiger partial charge on any atom is -0.279 e. The standard InChI is InChI=1S/C20H27NO2S/c1-3-5-9-17-13-15-19(16-14-17)24(22,23)21-20-12-8-7-11-18(20)10-6-4-2/h7-8,11-16,21H,3-6,9-10H2,1-2H3. The Labute approximate surface area is 146 Å². The number of hydrogen-bond acceptors (Lipinski definition) is 2. The summed E-state index contributed by atoms with van der Waals surface area (Å²) in [6.07, 6.45) is 6.26. The number of benzene rings is 2. The lowest BCUT2D eigenvalue weighted by Gasteiger charge is -2.13. The Morgan fingerprint density at radius 2 is 1.46 bits per heavy atom. The molecule has 0 aliphatic carbocycles. The number of nitrogens with one attached hydrogen (secondary N) is 1. The smallest absolute Gasteiger partial charge is 0.261 e. The van der Waals surface area contributed by atoms with Crippen LogP contribution in [0.15, 0.2) is 53.4 Å². The van der Waals surface area contributed by atoms with Crippen LogP contribution >= 0.6 is 0 Å². The molecular formula is C20H27NO2S.